The standard InChI is InChI=1S/C21H20N4O5/c1-4-28-20(27)19-15(14-7-5-6-8-16(14)30-19)11-29-18(26)10-17-23-21-22-12(2)9-13(3)25(21)24-17/h5-9H,4,10-11H2,1-3H3. The number of aryl methyl sites for hydroxylation is 2. The molecule has 0 aliphatic heterocycles. The Kier molecular flexibility index (Phi) is 5.18. The van der Waals surface area contributed by atoms with Crippen LogP contribution in [0.15, 0.2) is 34.7 Å². The van der Waals surface area contributed by atoms with Gasteiger partial charge >= 0.3 is 11.9 Å². The summed E-state index contributed by atoms with van der Waals surface area (Å²) in [4.78, 5) is 33.2. The van der Waals surface area contributed by atoms with Crippen LogP contribution in [0.2, 0.25) is 0 Å². The van der Waals surface area contributed by atoms with E-state index in [-0.39, 0.29) is 25.4 Å². The van der Waals surface area contributed by atoms with Gasteiger partial charge in [0.2, 0.25) is 5.76 Å². The summed E-state index contributed by atoms with van der Waals surface area (Å²) >= 11 is 0. The van der Waals surface area contributed by atoms with Gasteiger partial charge in [0.05, 0.1) is 12.2 Å². The number of aromatic nitrogens is 4. The Labute approximate surface area is 171 Å². The van der Waals surface area contributed by atoms with Crippen LogP contribution in [0.4, 0.5) is 0 Å². The summed E-state index contributed by atoms with van der Waals surface area (Å²) < 4.78 is 17.7. The molecule has 4 rings (SSSR count). The Hall–Kier alpha value is -3.75. The van der Waals surface area contributed by atoms with Crippen molar-refractivity contribution >= 4 is 28.7 Å². The van der Waals surface area contributed by atoms with Crippen molar-refractivity contribution in [3.8, 4) is 0 Å². The van der Waals surface area contributed by atoms with Gasteiger partial charge in [-0.05, 0) is 32.9 Å². The van der Waals surface area contributed by atoms with Crippen molar-refractivity contribution in [2.75, 3.05) is 6.61 Å². The van der Waals surface area contributed by atoms with Gasteiger partial charge < -0.3 is 13.9 Å². The van der Waals surface area contributed by atoms with Crippen molar-refractivity contribution in [3.63, 3.8) is 0 Å². The van der Waals surface area contributed by atoms with Gasteiger partial charge in [0.15, 0.2) is 5.82 Å². The Morgan fingerprint density at radius 1 is 1.13 bits per heavy atom. The van der Waals surface area contributed by atoms with Crippen molar-refractivity contribution in [2.24, 2.45) is 0 Å². The molecular weight excluding hydrogens is 388 g/mol. The zero-order valence-electron chi connectivity index (χ0n) is 16.8. The number of esters is 2. The molecule has 1 aromatic carbocycles. The molecule has 0 amide bonds. The molecule has 3 heterocycles. The number of fused-ring (bicyclic) bond motifs is 2. The Morgan fingerprint density at radius 3 is 2.73 bits per heavy atom. The third-order valence-corrected chi connectivity index (χ3v) is 4.50. The number of nitrogens with zero attached hydrogens (tertiary/aromatic N) is 4. The number of carbonyl (C=O) groups excluding carboxylic acids is 2. The summed E-state index contributed by atoms with van der Waals surface area (Å²) in [6.45, 7) is 5.54. The quantitative estimate of drug-likeness (QED) is 0.448. The minimum absolute atomic E-state index is 0.0343. The summed E-state index contributed by atoms with van der Waals surface area (Å²) in [6, 6.07) is 9.02. The van der Waals surface area contributed by atoms with Gasteiger partial charge in [-0.3, -0.25) is 4.79 Å². The number of hydrogen-bond donors (Lipinski definition) is 0. The maximum absolute atomic E-state index is 12.4. The molecule has 0 radical (unpaired) electrons. The molecule has 0 spiro atoms. The maximum Gasteiger partial charge on any atom is 0.374 e. The topological polar surface area (TPSA) is 109 Å². The molecular formula is C21H20N4O5. The van der Waals surface area contributed by atoms with Crippen LogP contribution in [0.1, 0.15) is 40.3 Å². The van der Waals surface area contributed by atoms with E-state index < -0.39 is 11.9 Å². The zero-order valence-corrected chi connectivity index (χ0v) is 16.8. The van der Waals surface area contributed by atoms with E-state index in [0.717, 1.165) is 11.4 Å². The molecule has 0 aliphatic rings. The smallest absolute Gasteiger partial charge is 0.374 e. The molecule has 30 heavy (non-hydrogen) atoms. The molecule has 9 nitrogen and oxygen atoms in total. The van der Waals surface area contributed by atoms with Crippen molar-refractivity contribution in [1.82, 2.24) is 19.6 Å². The number of furan rings is 1. The van der Waals surface area contributed by atoms with Crippen LogP contribution in [0.3, 0.4) is 0 Å². The Bertz CT molecular complexity index is 1260. The average Bonchev–Trinajstić information content (AvgIpc) is 3.27. The normalized spacial score (nSPS) is 11.2. The third-order valence-electron chi connectivity index (χ3n) is 4.50. The lowest BCUT2D eigenvalue weighted by Crippen LogP contribution is -2.12. The van der Waals surface area contributed by atoms with Gasteiger partial charge in [-0.15, -0.1) is 5.10 Å². The van der Waals surface area contributed by atoms with E-state index in [0.29, 0.717) is 28.1 Å². The number of rotatable bonds is 6. The van der Waals surface area contributed by atoms with Gasteiger partial charge in [0, 0.05) is 16.8 Å². The summed E-state index contributed by atoms with van der Waals surface area (Å²) in [5.41, 5.74) is 2.67. The van der Waals surface area contributed by atoms with Crippen LogP contribution in [-0.4, -0.2) is 38.1 Å². The number of para-hydroxylation sites is 1. The number of carbonyl (C=O) groups is 2. The monoisotopic (exact) mass is 408 g/mol. The van der Waals surface area contributed by atoms with E-state index >= 15 is 0 Å². The van der Waals surface area contributed by atoms with Crippen LogP contribution in [0.5, 0.6) is 0 Å². The van der Waals surface area contributed by atoms with Gasteiger partial charge in [-0.25, -0.2) is 14.3 Å². The molecule has 0 fully saturated rings. The highest BCUT2D eigenvalue weighted by Crippen LogP contribution is 2.27. The number of ether oxygens (including phenoxy) is 2. The second-order valence-electron chi connectivity index (χ2n) is 6.74. The molecule has 0 aliphatic carbocycles. The van der Waals surface area contributed by atoms with Gasteiger partial charge in [-0.1, -0.05) is 18.2 Å². The molecule has 0 saturated carbocycles. The van der Waals surface area contributed by atoms with Crippen LogP contribution in [0.25, 0.3) is 16.7 Å². The molecule has 0 bridgehead atoms. The van der Waals surface area contributed by atoms with Gasteiger partial charge in [0.25, 0.3) is 5.78 Å². The summed E-state index contributed by atoms with van der Waals surface area (Å²) in [7, 11) is 0. The van der Waals surface area contributed by atoms with E-state index in [4.69, 9.17) is 13.9 Å². The molecule has 0 unspecified atom stereocenters. The minimum Gasteiger partial charge on any atom is -0.460 e. The first-order chi connectivity index (χ1) is 14.5. The first-order valence-corrected chi connectivity index (χ1v) is 9.49. The van der Waals surface area contributed by atoms with E-state index in [1.165, 1.54) is 0 Å². The molecule has 3 aromatic heterocycles. The van der Waals surface area contributed by atoms with E-state index in [9.17, 15) is 9.59 Å². The predicted molar refractivity (Wildman–Crippen MR) is 106 cm³/mol. The molecule has 154 valence electrons. The van der Waals surface area contributed by atoms with Crippen LogP contribution < -0.4 is 0 Å². The molecule has 0 N–H and O–H groups in total. The number of hydrogen-bond acceptors (Lipinski definition) is 8. The van der Waals surface area contributed by atoms with Crippen LogP contribution in [0, 0.1) is 13.8 Å². The van der Waals surface area contributed by atoms with Gasteiger partial charge in [-0.2, -0.15) is 4.98 Å². The first-order valence-electron chi connectivity index (χ1n) is 9.49. The fourth-order valence-electron chi connectivity index (χ4n) is 3.22. The predicted octanol–water partition coefficient (Wildman–Crippen LogP) is 2.95. The lowest BCUT2D eigenvalue weighted by atomic mass is 10.1. The lowest BCUT2D eigenvalue weighted by molar-refractivity contribution is -0.144. The molecule has 9 heteroatoms. The summed E-state index contributed by atoms with van der Waals surface area (Å²) in [6.07, 6.45) is -0.119. The maximum atomic E-state index is 12.4. The Morgan fingerprint density at radius 2 is 1.93 bits per heavy atom. The first kappa shape index (κ1) is 19.6. The molecule has 4 aromatic rings. The SMILES string of the molecule is CCOC(=O)c1oc2ccccc2c1COC(=O)Cc1nc2nc(C)cc(C)n2n1. The highest BCUT2D eigenvalue weighted by Gasteiger charge is 2.23. The largest absolute Gasteiger partial charge is 0.460 e. The van der Waals surface area contributed by atoms with E-state index in [2.05, 4.69) is 15.1 Å². The Balaban J connectivity index is 1.52. The van der Waals surface area contributed by atoms with Crippen LogP contribution >= 0.6 is 0 Å². The zero-order chi connectivity index (χ0) is 21.3. The van der Waals surface area contributed by atoms with Crippen LogP contribution in [-0.2, 0) is 27.3 Å². The van der Waals surface area contributed by atoms with Crippen molar-refractivity contribution in [3.05, 3.63) is 58.9 Å². The lowest BCUT2D eigenvalue weighted by Gasteiger charge is -2.05. The second kappa shape index (κ2) is 7.94. The van der Waals surface area contributed by atoms with Crippen molar-refractivity contribution in [1.29, 1.82) is 0 Å². The minimum atomic E-state index is -0.598. The summed E-state index contributed by atoms with van der Waals surface area (Å²) in [5, 5.41) is 5.00. The van der Waals surface area contributed by atoms with E-state index in [1.54, 1.807) is 29.6 Å². The highest BCUT2D eigenvalue weighted by molar-refractivity contribution is 5.96. The fraction of sp³-hybridized carbons (Fsp3) is 0.286. The van der Waals surface area contributed by atoms with Crippen molar-refractivity contribution in [2.45, 2.75) is 33.8 Å². The van der Waals surface area contributed by atoms with E-state index in [1.807, 2.05) is 26.0 Å². The third kappa shape index (κ3) is 3.73. The summed E-state index contributed by atoms with van der Waals surface area (Å²) in [5.74, 6) is -0.351. The fourth-order valence-corrected chi connectivity index (χ4v) is 3.22. The molecule has 0 atom stereocenters. The number of benzene rings is 1. The average molecular weight is 408 g/mol. The molecule has 0 saturated heterocycles. The second-order valence-corrected chi connectivity index (χ2v) is 6.74. The highest BCUT2D eigenvalue weighted by atomic mass is 16.5. The van der Waals surface area contributed by atoms with Gasteiger partial charge in [0.1, 0.15) is 18.6 Å². The van der Waals surface area contributed by atoms with Crippen molar-refractivity contribution < 1.29 is 23.5 Å².